The maximum absolute atomic E-state index is 12.2. The second kappa shape index (κ2) is 7.68. The van der Waals surface area contributed by atoms with Crippen molar-refractivity contribution in [1.29, 1.82) is 0 Å². The molecule has 24 heavy (non-hydrogen) atoms. The van der Waals surface area contributed by atoms with Gasteiger partial charge in [0.1, 0.15) is 22.7 Å². The van der Waals surface area contributed by atoms with E-state index in [2.05, 4.69) is 0 Å². The van der Waals surface area contributed by atoms with E-state index in [1.54, 1.807) is 21.0 Å². The Bertz CT molecular complexity index is 700. The summed E-state index contributed by atoms with van der Waals surface area (Å²) in [5.41, 5.74) is -0.0245. The van der Waals surface area contributed by atoms with Crippen molar-refractivity contribution in [2.45, 2.75) is 13.8 Å². The summed E-state index contributed by atoms with van der Waals surface area (Å²) in [5.74, 6) is 1.57. The Morgan fingerprint density at radius 3 is 2.08 bits per heavy atom. The Morgan fingerprint density at radius 1 is 0.917 bits per heavy atom. The third-order valence-corrected chi connectivity index (χ3v) is 3.70. The molecule has 0 aliphatic heterocycles. The number of methoxy groups -OCH3 is 2. The van der Waals surface area contributed by atoms with E-state index >= 15 is 0 Å². The molecule has 0 aromatic heterocycles. The number of para-hydroxylation sites is 1. The molecule has 2 rings (SSSR count). The first-order chi connectivity index (χ1) is 11.5. The second-order valence-electron chi connectivity index (χ2n) is 5.81. The summed E-state index contributed by atoms with van der Waals surface area (Å²) in [4.78, 5) is 12.2. The predicted molar refractivity (Wildman–Crippen MR) is 93.8 cm³/mol. The molecule has 0 bridgehead atoms. The third-order valence-electron chi connectivity index (χ3n) is 3.70. The Hall–Kier alpha value is -2.75. The van der Waals surface area contributed by atoms with Crippen LogP contribution in [-0.2, 0) is 9.53 Å². The molecule has 4 heteroatoms. The zero-order valence-electron chi connectivity index (χ0n) is 14.4. The molecule has 0 saturated carbocycles. The van der Waals surface area contributed by atoms with Gasteiger partial charge in [0.05, 0.1) is 14.2 Å². The highest BCUT2D eigenvalue weighted by atomic mass is 16.5. The van der Waals surface area contributed by atoms with Gasteiger partial charge in [0, 0.05) is 0 Å². The number of hydrogen-bond donors (Lipinski definition) is 0. The van der Waals surface area contributed by atoms with E-state index in [1.807, 2.05) is 60.7 Å². The molecule has 126 valence electrons. The van der Waals surface area contributed by atoms with Crippen molar-refractivity contribution >= 4 is 12.0 Å². The molecule has 0 unspecified atom stereocenters. The lowest BCUT2D eigenvalue weighted by Crippen LogP contribution is -2.30. The van der Waals surface area contributed by atoms with E-state index in [1.165, 1.54) is 7.11 Å². The van der Waals surface area contributed by atoms with Crippen molar-refractivity contribution < 1.29 is 19.0 Å². The summed E-state index contributed by atoms with van der Waals surface area (Å²) in [6.45, 7) is 3.55. The van der Waals surface area contributed by atoms with Crippen molar-refractivity contribution in [3.8, 4) is 11.5 Å². The van der Waals surface area contributed by atoms with Crippen LogP contribution < -0.4 is 9.47 Å². The molecule has 4 nitrogen and oxygen atoms in total. The van der Waals surface area contributed by atoms with Gasteiger partial charge in [0.2, 0.25) is 0 Å². The van der Waals surface area contributed by atoms with Gasteiger partial charge in [-0.25, -0.2) is 0 Å². The van der Waals surface area contributed by atoms with Crippen molar-refractivity contribution in [3.63, 3.8) is 0 Å². The zero-order chi connectivity index (χ0) is 17.6. The molecular weight excluding hydrogens is 304 g/mol. The largest absolute Gasteiger partial charge is 0.497 e. The van der Waals surface area contributed by atoms with E-state index in [-0.39, 0.29) is 5.97 Å². The van der Waals surface area contributed by atoms with Gasteiger partial charge >= 0.3 is 5.97 Å². The Morgan fingerprint density at radius 2 is 1.54 bits per heavy atom. The molecule has 0 heterocycles. The lowest BCUT2D eigenvalue weighted by molar-refractivity contribution is -0.149. The smallest absolute Gasteiger partial charge is 0.318 e. The van der Waals surface area contributed by atoms with Gasteiger partial charge in [-0.3, -0.25) is 4.79 Å². The van der Waals surface area contributed by atoms with E-state index in [0.717, 1.165) is 11.3 Å². The SMILES string of the molecule is COC(=O)C(C)(C)/C(=C\c1ccc(OC)cc1)Oc1ccccc1. The minimum atomic E-state index is -0.926. The van der Waals surface area contributed by atoms with Crippen LogP contribution in [0.25, 0.3) is 6.08 Å². The standard InChI is InChI=1S/C20H22O4/c1-20(2,19(21)23-4)18(24-17-8-6-5-7-9-17)14-15-10-12-16(22-3)13-11-15/h5-14H,1-4H3/b18-14+. The molecule has 0 saturated heterocycles. The maximum atomic E-state index is 12.2. The Balaban J connectivity index is 2.40. The summed E-state index contributed by atoms with van der Waals surface area (Å²) < 4.78 is 16.1. The normalized spacial score (nSPS) is 11.8. The van der Waals surface area contributed by atoms with Crippen molar-refractivity contribution in [3.05, 3.63) is 65.9 Å². The van der Waals surface area contributed by atoms with Crippen LogP contribution in [0, 0.1) is 5.41 Å². The average Bonchev–Trinajstić information content (AvgIpc) is 2.61. The fourth-order valence-corrected chi connectivity index (χ4v) is 2.16. The van der Waals surface area contributed by atoms with Crippen LogP contribution in [0.5, 0.6) is 11.5 Å². The second-order valence-corrected chi connectivity index (χ2v) is 5.81. The minimum Gasteiger partial charge on any atom is -0.497 e. The number of rotatable bonds is 6. The third kappa shape index (κ3) is 4.16. The maximum Gasteiger partial charge on any atom is 0.318 e. The van der Waals surface area contributed by atoms with E-state index < -0.39 is 5.41 Å². The van der Waals surface area contributed by atoms with Crippen molar-refractivity contribution in [2.24, 2.45) is 5.41 Å². The molecule has 0 N–H and O–H groups in total. The van der Waals surface area contributed by atoms with Gasteiger partial charge in [-0.05, 0) is 49.8 Å². The number of esters is 1. The number of carbonyl (C=O) groups is 1. The Kier molecular flexibility index (Phi) is 5.64. The lowest BCUT2D eigenvalue weighted by Gasteiger charge is -2.25. The summed E-state index contributed by atoms with van der Waals surface area (Å²) in [7, 11) is 2.99. The number of hydrogen-bond acceptors (Lipinski definition) is 4. The molecule has 0 amide bonds. The topological polar surface area (TPSA) is 44.8 Å². The highest BCUT2D eigenvalue weighted by molar-refractivity contribution is 5.81. The molecule has 0 radical (unpaired) electrons. The summed E-state index contributed by atoms with van der Waals surface area (Å²) in [6, 6.07) is 16.9. The lowest BCUT2D eigenvalue weighted by atomic mass is 9.89. The van der Waals surface area contributed by atoms with Crippen LogP contribution >= 0.6 is 0 Å². The molecule has 2 aromatic carbocycles. The highest BCUT2D eigenvalue weighted by Gasteiger charge is 2.35. The molecule has 0 aliphatic carbocycles. The number of benzene rings is 2. The van der Waals surface area contributed by atoms with Crippen LogP contribution in [0.4, 0.5) is 0 Å². The molecular formula is C20H22O4. The van der Waals surface area contributed by atoms with Crippen molar-refractivity contribution in [1.82, 2.24) is 0 Å². The van der Waals surface area contributed by atoms with E-state index in [9.17, 15) is 4.79 Å². The first-order valence-corrected chi connectivity index (χ1v) is 7.65. The van der Waals surface area contributed by atoms with Crippen molar-refractivity contribution in [2.75, 3.05) is 14.2 Å². The fraction of sp³-hybridized carbons (Fsp3) is 0.250. The van der Waals surface area contributed by atoms with E-state index in [4.69, 9.17) is 14.2 Å². The van der Waals surface area contributed by atoms with Gasteiger partial charge in [-0.2, -0.15) is 0 Å². The van der Waals surface area contributed by atoms with E-state index in [0.29, 0.717) is 11.5 Å². The zero-order valence-corrected chi connectivity index (χ0v) is 14.4. The quantitative estimate of drug-likeness (QED) is 0.586. The van der Waals surface area contributed by atoms with Crippen LogP contribution in [-0.4, -0.2) is 20.2 Å². The highest BCUT2D eigenvalue weighted by Crippen LogP contribution is 2.32. The Labute approximate surface area is 142 Å². The first kappa shape index (κ1) is 17.6. The van der Waals surface area contributed by atoms with Gasteiger partial charge in [0.15, 0.2) is 0 Å². The van der Waals surface area contributed by atoms with Gasteiger partial charge < -0.3 is 14.2 Å². The molecule has 0 spiro atoms. The predicted octanol–water partition coefficient (Wildman–Crippen LogP) is 4.31. The molecule has 0 aliphatic rings. The monoisotopic (exact) mass is 326 g/mol. The fourth-order valence-electron chi connectivity index (χ4n) is 2.16. The summed E-state index contributed by atoms with van der Waals surface area (Å²) in [6.07, 6.45) is 1.84. The molecule has 2 aromatic rings. The number of ether oxygens (including phenoxy) is 3. The average molecular weight is 326 g/mol. The van der Waals surface area contributed by atoms with Gasteiger partial charge in [0.25, 0.3) is 0 Å². The van der Waals surface area contributed by atoms with Crippen LogP contribution in [0.15, 0.2) is 60.4 Å². The first-order valence-electron chi connectivity index (χ1n) is 7.65. The van der Waals surface area contributed by atoms with Crippen LogP contribution in [0.1, 0.15) is 19.4 Å². The number of carbonyl (C=O) groups excluding carboxylic acids is 1. The molecule has 0 fully saturated rings. The molecule has 0 atom stereocenters. The van der Waals surface area contributed by atoms with Crippen LogP contribution in [0.2, 0.25) is 0 Å². The summed E-state index contributed by atoms with van der Waals surface area (Å²) in [5, 5.41) is 0. The van der Waals surface area contributed by atoms with Gasteiger partial charge in [-0.15, -0.1) is 0 Å². The minimum absolute atomic E-state index is 0.363. The van der Waals surface area contributed by atoms with Crippen LogP contribution in [0.3, 0.4) is 0 Å². The van der Waals surface area contributed by atoms with Gasteiger partial charge in [-0.1, -0.05) is 30.3 Å². The summed E-state index contributed by atoms with van der Waals surface area (Å²) >= 11 is 0.